The Hall–Kier alpha value is -7.32. The number of benzene rings is 5. The molecule has 0 saturated carbocycles. The van der Waals surface area contributed by atoms with Gasteiger partial charge in [0.15, 0.2) is 5.82 Å². The maximum atomic E-state index is 6.68. The van der Waals surface area contributed by atoms with Crippen molar-refractivity contribution in [3.05, 3.63) is 170 Å². The highest BCUT2D eigenvalue weighted by Crippen LogP contribution is 2.39. The van der Waals surface area contributed by atoms with Crippen LogP contribution in [0.3, 0.4) is 0 Å². The minimum absolute atomic E-state index is 0.589. The first-order valence-electron chi connectivity index (χ1n) is 18.4. The molecule has 264 valence electrons. The first-order chi connectivity index (χ1) is 27.2. The molecule has 0 amide bonds. The quantitative estimate of drug-likeness (QED) is 0.148. The molecular weight excluding hydrogens is 681 g/mol. The molecular formula is C47H34N6O2. The molecule has 0 fully saturated rings. The van der Waals surface area contributed by atoms with E-state index in [1.807, 2.05) is 91.5 Å². The topological polar surface area (TPSA) is 79.9 Å². The fourth-order valence-corrected chi connectivity index (χ4v) is 7.51. The molecule has 5 heterocycles. The minimum atomic E-state index is 0.589. The lowest BCUT2D eigenvalue weighted by Crippen LogP contribution is -1.97. The monoisotopic (exact) mass is 714 g/mol. The van der Waals surface area contributed by atoms with Crippen LogP contribution < -0.4 is 9.47 Å². The lowest BCUT2D eigenvalue weighted by molar-refractivity contribution is 0.461. The summed E-state index contributed by atoms with van der Waals surface area (Å²) in [5.41, 5.74) is 6.03. The van der Waals surface area contributed by atoms with Crippen LogP contribution in [0.5, 0.6) is 23.0 Å². The highest BCUT2D eigenvalue weighted by Gasteiger charge is 2.17. The number of rotatable bonds is 9. The van der Waals surface area contributed by atoms with E-state index in [0.717, 1.165) is 79.2 Å². The van der Waals surface area contributed by atoms with Crippen LogP contribution in [0.2, 0.25) is 0 Å². The molecule has 5 aromatic heterocycles. The predicted octanol–water partition coefficient (Wildman–Crippen LogP) is 11.7. The van der Waals surface area contributed by atoms with E-state index in [1.54, 1.807) is 0 Å². The van der Waals surface area contributed by atoms with Crippen molar-refractivity contribution in [1.29, 1.82) is 0 Å². The van der Waals surface area contributed by atoms with Gasteiger partial charge >= 0.3 is 0 Å². The molecule has 0 spiro atoms. The van der Waals surface area contributed by atoms with E-state index in [-0.39, 0.29) is 0 Å². The van der Waals surface area contributed by atoms with Gasteiger partial charge in [0.1, 0.15) is 34.6 Å². The predicted molar refractivity (Wildman–Crippen MR) is 219 cm³/mol. The molecule has 8 heteroatoms. The molecule has 10 aromatic rings. The summed E-state index contributed by atoms with van der Waals surface area (Å²) >= 11 is 0. The van der Waals surface area contributed by atoms with E-state index in [9.17, 15) is 0 Å². The van der Waals surface area contributed by atoms with Crippen molar-refractivity contribution >= 4 is 43.6 Å². The number of ether oxygens (including phenoxy) is 2. The van der Waals surface area contributed by atoms with Gasteiger partial charge in [0.25, 0.3) is 0 Å². The van der Waals surface area contributed by atoms with Crippen LogP contribution >= 0.6 is 0 Å². The Morgan fingerprint density at radius 3 is 1.44 bits per heavy atom. The Labute approximate surface area is 316 Å². The number of para-hydroxylation sites is 2. The van der Waals surface area contributed by atoms with Crippen molar-refractivity contribution in [2.45, 2.75) is 19.8 Å². The summed E-state index contributed by atoms with van der Waals surface area (Å²) in [6, 6.07) is 46.9. The number of aryl methyl sites for hydroxylation is 1. The molecule has 5 aromatic carbocycles. The van der Waals surface area contributed by atoms with E-state index in [4.69, 9.17) is 19.4 Å². The van der Waals surface area contributed by atoms with E-state index in [2.05, 4.69) is 98.8 Å². The van der Waals surface area contributed by atoms with Crippen molar-refractivity contribution in [3.8, 4) is 46.0 Å². The van der Waals surface area contributed by atoms with Crippen LogP contribution in [-0.4, -0.2) is 29.1 Å². The smallest absolute Gasteiger partial charge is 0.159 e. The number of fused-ring (bicyclic) bond motifs is 6. The van der Waals surface area contributed by atoms with Gasteiger partial charge in [0, 0.05) is 70.1 Å². The Kier molecular flexibility index (Phi) is 7.99. The first-order valence-corrected chi connectivity index (χ1v) is 18.4. The molecule has 0 saturated heterocycles. The van der Waals surface area contributed by atoms with Crippen molar-refractivity contribution < 1.29 is 9.47 Å². The summed E-state index contributed by atoms with van der Waals surface area (Å²) in [6.45, 7) is 2.15. The second kappa shape index (κ2) is 13.6. The summed E-state index contributed by atoms with van der Waals surface area (Å²) in [4.78, 5) is 18.9. The van der Waals surface area contributed by atoms with Gasteiger partial charge in [-0.1, -0.05) is 61.9 Å². The average molecular weight is 715 g/mol. The van der Waals surface area contributed by atoms with Crippen molar-refractivity contribution in [3.63, 3.8) is 0 Å². The van der Waals surface area contributed by atoms with E-state index in [0.29, 0.717) is 28.8 Å². The van der Waals surface area contributed by atoms with Crippen molar-refractivity contribution in [2.75, 3.05) is 0 Å². The fourth-order valence-electron chi connectivity index (χ4n) is 7.51. The Bertz CT molecular complexity index is 2810. The molecule has 0 unspecified atom stereocenters. The third-order valence-corrected chi connectivity index (χ3v) is 9.90. The Balaban J connectivity index is 1.07. The van der Waals surface area contributed by atoms with Crippen LogP contribution in [0.15, 0.2) is 164 Å². The Morgan fingerprint density at radius 2 is 0.945 bits per heavy atom. The van der Waals surface area contributed by atoms with Crippen LogP contribution in [0, 0.1) is 0 Å². The first kappa shape index (κ1) is 32.3. The summed E-state index contributed by atoms with van der Waals surface area (Å²) < 4.78 is 17.7. The zero-order valence-electron chi connectivity index (χ0n) is 30.0. The average Bonchev–Trinajstić information content (AvgIpc) is 3.74. The molecule has 0 aliphatic rings. The number of pyridine rings is 2. The number of hydrogen-bond donors (Lipinski definition) is 0. The third kappa shape index (κ3) is 5.90. The van der Waals surface area contributed by atoms with Crippen LogP contribution in [0.1, 0.15) is 18.9 Å². The molecule has 0 aliphatic heterocycles. The zero-order chi connectivity index (χ0) is 36.7. The van der Waals surface area contributed by atoms with Crippen LogP contribution in [0.4, 0.5) is 0 Å². The maximum Gasteiger partial charge on any atom is 0.159 e. The van der Waals surface area contributed by atoms with Gasteiger partial charge in [-0.3, -0.25) is 9.13 Å². The van der Waals surface area contributed by atoms with Crippen molar-refractivity contribution in [1.82, 2.24) is 29.1 Å². The molecule has 10 rings (SSSR count). The van der Waals surface area contributed by atoms with Gasteiger partial charge in [-0.25, -0.2) is 19.9 Å². The van der Waals surface area contributed by atoms with E-state index < -0.39 is 0 Å². The fraction of sp³-hybridized carbons (Fsp3) is 0.0638. The molecule has 0 aliphatic carbocycles. The number of aromatic nitrogens is 6. The highest BCUT2D eigenvalue weighted by molar-refractivity contribution is 6.10. The lowest BCUT2D eigenvalue weighted by Gasteiger charge is -2.13. The largest absolute Gasteiger partial charge is 0.457 e. The second-order valence-corrected chi connectivity index (χ2v) is 13.5. The summed E-state index contributed by atoms with van der Waals surface area (Å²) in [6.07, 6.45) is 9.37. The van der Waals surface area contributed by atoms with Gasteiger partial charge in [0.2, 0.25) is 0 Å². The third-order valence-electron chi connectivity index (χ3n) is 9.90. The van der Waals surface area contributed by atoms with Crippen LogP contribution in [-0.2, 0) is 6.42 Å². The van der Waals surface area contributed by atoms with Gasteiger partial charge in [-0.2, -0.15) is 0 Å². The van der Waals surface area contributed by atoms with E-state index >= 15 is 0 Å². The summed E-state index contributed by atoms with van der Waals surface area (Å²) in [5, 5.41) is 4.53. The maximum absolute atomic E-state index is 6.68. The Morgan fingerprint density at radius 1 is 0.455 bits per heavy atom. The van der Waals surface area contributed by atoms with Gasteiger partial charge < -0.3 is 9.47 Å². The van der Waals surface area contributed by atoms with Crippen LogP contribution in [0.25, 0.3) is 66.6 Å². The highest BCUT2D eigenvalue weighted by atomic mass is 16.5. The molecule has 55 heavy (non-hydrogen) atoms. The van der Waals surface area contributed by atoms with Gasteiger partial charge in [-0.05, 0) is 84.8 Å². The SMILES string of the molecule is CCCc1cnc(-c2cc(Oc3ccc4c5ccccc5n(-c5ccccn5)c4c3)cc(Oc3ccc4c5ccccc5n(-c5ccccn5)c4c3)c2)nc1. The minimum Gasteiger partial charge on any atom is -0.457 e. The number of hydrogen-bond acceptors (Lipinski definition) is 6. The molecule has 0 bridgehead atoms. The zero-order valence-corrected chi connectivity index (χ0v) is 30.0. The second-order valence-electron chi connectivity index (χ2n) is 13.5. The number of nitrogens with zero attached hydrogens (tertiary/aromatic N) is 6. The van der Waals surface area contributed by atoms with Gasteiger partial charge in [-0.15, -0.1) is 0 Å². The summed E-state index contributed by atoms with van der Waals surface area (Å²) in [7, 11) is 0. The molecule has 8 nitrogen and oxygen atoms in total. The van der Waals surface area contributed by atoms with Gasteiger partial charge in [0.05, 0.1) is 22.1 Å². The molecule has 0 radical (unpaired) electrons. The molecule has 0 N–H and O–H groups in total. The standard InChI is InChI=1S/C47H34N6O2/c1-2-11-31-29-50-47(51-30-31)32-24-35(54-33-18-20-39-37-12-3-5-14-41(37)52(43(39)27-33)45-16-7-9-22-48-45)26-36(25-32)55-34-19-21-40-38-13-4-6-15-42(38)53(44(40)28-34)46-17-8-10-23-49-46/h3-10,12-30H,2,11H2,1H3. The summed E-state index contributed by atoms with van der Waals surface area (Å²) in [5.74, 6) is 4.81. The normalized spacial score (nSPS) is 11.5. The molecule has 0 atom stereocenters. The van der Waals surface area contributed by atoms with E-state index in [1.165, 1.54) is 0 Å². The van der Waals surface area contributed by atoms with Crippen molar-refractivity contribution in [2.24, 2.45) is 0 Å². The lowest BCUT2D eigenvalue weighted by atomic mass is 10.1.